The van der Waals surface area contributed by atoms with Crippen LogP contribution in [0.25, 0.3) is 0 Å². The molecule has 3 nitrogen and oxygen atoms in total. The largest absolute Gasteiger partial charge is 0.455 e. The van der Waals surface area contributed by atoms with Gasteiger partial charge in [-0.15, -0.1) is 0 Å². The normalized spacial score (nSPS) is 11.4. The van der Waals surface area contributed by atoms with Crippen LogP contribution in [-0.4, -0.2) is 4.98 Å². The SMILES string of the molecule is Cc1ncccc1Oc1ccc(C(F)(F)F)cc1CN. The summed E-state index contributed by atoms with van der Waals surface area (Å²) in [7, 11) is 0. The van der Waals surface area contributed by atoms with E-state index in [0.29, 0.717) is 22.8 Å². The first-order valence-corrected chi connectivity index (χ1v) is 5.91. The lowest BCUT2D eigenvalue weighted by atomic mass is 10.1. The van der Waals surface area contributed by atoms with Crippen LogP contribution >= 0.6 is 0 Å². The fourth-order valence-electron chi connectivity index (χ4n) is 1.71. The van der Waals surface area contributed by atoms with Crippen molar-refractivity contribution in [3.8, 4) is 11.5 Å². The number of aromatic nitrogens is 1. The Hall–Kier alpha value is -2.08. The highest BCUT2D eigenvalue weighted by atomic mass is 19.4. The fourth-order valence-corrected chi connectivity index (χ4v) is 1.71. The Morgan fingerprint density at radius 2 is 1.95 bits per heavy atom. The van der Waals surface area contributed by atoms with Gasteiger partial charge in [0.2, 0.25) is 0 Å². The Morgan fingerprint density at radius 3 is 2.55 bits per heavy atom. The molecular formula is C14H13F3N2O. The van der Waals surface area contributed by atoms with Gasteiger partial charge in [-0.05, 0) is 37.3 Å². The van der Waals surface area contributed by atoms with E-state index in [4.69, 9.17) is 10.5 Å². The van der Waals surface area contributed by atoms with E-state index in [9.17, 15) is 13.2 Å². The zero-order valence-electron chi connectivity index (χ0n) is 10.7. The summed E-state index contributed by atoms with van der Waals surface area (Å²) in [6.45, 7) is 1.71. The zero-order valence-corrected chi connectivity index (χ0v) is 10.7. The first-order valence-electron chi connectivity index (χ1n) is 5.91. The number of aryl methyl sites for hydroxylation is 1. The van der Waals surface area contributed by atoms with Gasteiger partial charge in [0.25, 0.3) is 0 Å². The lowest BCUT2D eigenvalue weighted by molar-refractivity contribution is -0.137. The van der Waals surface area contributed by atoms with Gasteiger partial charge >= 0.3 is 6.18 Å². The third-order valence-corrected chi connectivity index (χ3v) is 2.79. The molecule has 1 aromatic heterocycles. The number of nitrogens with two attached hydrogens (primary N) is 1. The standard InChI is InChI=1S/C14H13F3N2O/c1-9-12(3-2-6-19-9)20-13-5-4-11(14(15,16)17)7-10(13)8-18/h2-7H,8,18H2,1H3. The van der Waals surface area contributed by atoms with E-state index < -0.39 is 11.7 Å². The molecule has 1 aromatic carbocycles. The second-order valence-corrected chi connectivity index (χ2v) is 4.21. The van der Waals surface area contributed by atoms with Crippen LogP contribution in [0.4, 0.5) is 13.2 Å². The molecule has 0 radical (unpaired) electrons. The first-order chi connectivity index (χ1) is 9.41. The Kier molecular flexibility index (Phi) is 3.94. The monoisotopic (exact) mass is 282 g/mol. The predicted octanol–water partition coefficient (Wildman–Crippen LogP) is 3.66. The third kappa shape index (κ3) is 3.08. The Morgan fingerprint density at radius 1 is 1.20 bits per heavy atom. The highest BCUT2D eigenvalue weighted by Gasteiger charge is 2.31. The van der Waals surface area contributed by atoms with Crippen LogP contribution in [0.3, 0.4) is 0 Å². The smallest absolute Gasteiger partial charge is 0.416 e. The number of hydrogen-bond acceptors (Lipinski definition) is 3. The van der Waals surface area contributed by atoms with Gasteiger partial charge < -0.3 is 10.5 Å². The topological polar surface area (TPSA) is 48.1 Å². The molecule has 20 heavy (non-hydrogen) atoms. The third-order valence-electron chi connectivity index (χ3n) is 2.79. The van der Waals surface area contributed by atoms with Crippen LogP contribution in [0, 0.1) is 6.92 Å². The number of ether oxygens (including phenoxy) is 1. The van der Waals surface area contributed by atoms with E-state index in [0.717, 1.165) is 12.1 Å². The van der Waals surface area contributed by atoms with Crippen LogP contribution in [0.5, 0.6) is 11.5 Å². The molecule has 0 aliphatic carbocycles. The molecule has 0 unspecified atom stereocenters. The molecule has 0 aliphatic heterocycles. The molecule has 0 saturated heterocycles. The lowest BCUT2D eigenvalue weighted by Crippen LogP contribution is -2.08. The number of alkyl halides is 3. The van der Waals surface area contributed by atoms with E-state index in [1.165, 1.54) is 6.07 Å². The Balaban J connectivity index is 2.36. The second kappa shape index (κ2) is 5.50. The van der Waals surface area contributed by atoms with E-state index in [1.54, 1.807) is 25.3 Å². The highest BCUT2D eigenvalue weighted by Crippen LogP contribution is 2.34. The molecule has 2 aromatic rings. The maximum atomic E-state index is 12.6. The quantitative estimate of drug-likeness (QED) is 0.934. The average molecular weight is 282 g/mol. The molecule has 0 amide bonds. The number of pyridine rings is 1. The van der Waals surface area contributed by atoms with Crippen molar-refractivity contribution in [2.45, 2.75) is 19.6 Å². The lowest BCUT2D eigenvalue weighted by Gasteiger charge is -2.14. The van der Waals surface area contributed by atoms with Crippen LogP contribution < -0.4 is 10.5 Å². The van der Waals surface area contributed by atoms with Crippen molar-refractivity contribution < 1.29 is 17.9 Å². The van der Waals surface area contributed by atoms with Crippen molar-refractivity contribution in [3.63, 3.8) is 0 Å². The van der Waals surface area contributed by atoms with Crippen LogP contribution in [-0.2, 0) is 12.7 Å². The maximum Gasteiger partial charge on any atom is 0.416 e. The summed E-state index contributed by atoms with van der Waals surface area (Å²) >= 11 is 0. The van der Waals surface area contributed by atoms with Crippen LogP contribution in [0.15, 0.2) is 36.5 Å². The molecule has 0 aliphatic rings. The van der Waals surface area contributed by atoms with Gasteiger partial charge in [-0.25, -0.2) is 0 Å². The van der Waals surface area contributed by atoms with Gasteiger partial charge in [-0.2, -0.15) is 13.2 Å². The van der Waals surface area contributed by atoms with E-state index in [1.807, 2.05) is 0 Å². The summed E-state index contributed by atoms with van der Waals surface area (Å²) < 4.78 is 43.5. The van der Waals surface area contributed by atoms with Gasteiger partial charge in [0.1, 0.15) is 11.5 Å². The summed E-state index contributed by atoms with van der Waals surface area (Å²) in [5, 5.41) is 0. The summed E-state index contributed by atoms with van der Waals surface area (Å²) in [6, 6.07) is 6.63. The summed E-state index contributed by atoms with van der Waals surface area (Å²) in [5.74, 6) is 0.790. The van der Waals surface area contributed by atoms with Crippen molar-refractivity contribution in [3.05, 3.63) is 53.3 Å². The number of halogens is 3. The molecule has 0 atom stereocenters. The molecule has 1 heterocycles. The molecular weight excluding hydrogens is 269 g/mol. The summed E-state index contributed by atoms with van der Waals surface area (Å²) in [6.07, 6.45) is -2.79. The maximum absolute atomic E-state index is 12.6. The molecule has 2 N–H and O–H groups in total. The minimum atomic E-state index is -4.40. The van der Waals surface area contributed by atoms with E-state index in [-0.39, 0.29) is 6.54 Å². The van der Waals surface area contributed by atoms with Crippen molar-refractivity contribution in [1.82, 2.24) is 4.98 Å². The van der Waals surface area contributed by atoms with E-state index >= 15 is 0 Å². The van der Waals surface area contributed by atoms with Gasteiger partial charge in [0.05, 0.1) is 11.3 Å². The van der Waals surface area contributed by atoms with Crippen LogP contribution in [0.1, 0.15) is 16.8 Å². The van der Waals surface area contributed by atoms with Crippen molar-refractivity contribution in [2.75, 3.05) is 0 Å². The minimum absolute atomic E-state index is 0.0431. The van der Waals surface area contributed by atoms with Gasteiger partial charge in [0, 0.05) is 18.3 Å². The highest BCUT2D eigenvalue weighted by molar-refractivity contribution is 5.42. The minimum Gasteiger partial charge on any atom is -0.455 e. The Labute approximate surface area is 114 Å². The fraction of sp³-hybridized carbons (Fsp3) is 0.214. The summed E-state index contributed by atoms with van der Waals surface area (Å²) in [5.41, 5.74) is 5.69. The second-order valence-electron chi connectivity index (χ2n) is 4.21. The first kappa shape index (κ1) is 14.3. The van der Waals surface area contributed by atoms with Crippen LogP contribution in [0.2, 0.25) is 0 Å². The molecule has 0 saturated carbocycles. The molecule has 106 valence electrons. The van der Waals surface area contributed by atoms with Crippen molar-refractivity contribution in [2.24, 2.45) is 5.73 Å². The van der Waals surface area contributed by atoms with E-state index in [2.05, 4.69) is 4.98 Å². The van der Waals surface area contributed by atoms with Crippen molar-refractivity contribution in [1.29, 1.82) is 0 Å². The zero-order chi connectivity index (χ0) is 14.8. The van der Waals surface area contributed by atoms with Gasteiger partial charge in [-0.1, -0.05) is 0 Å². The molecule has 0 bridgehead atoms. The number of nitrogens with zero attached hydrogens (tertiary/aromatic N) is 1. The number of benzene rings is 1. The molecule has 0 spiro atoms. The Bertz CT molecular complexity index is 612. The molecule has 0 fully saturated rings. The van der Waals surface area contributed by atoms with Crippen molar-refractivity contribution >= 4 is 0 Å². The predicted molar refractivity (Wildman–Crippen MR) is 68.4 cm³/mol. The van der Waals surface area contributed by atoms with Gasteiger partial charge in [-0.3, -0.25) is 4.98 Å². The number of rotatable bonds is 3. The number of hydrogen-bond donors (Lipinski definition) is 1. The molecule has 6 heteroatoms. The van der Waals surface area contributed by atoms with Gasteiger partial charge in [0.15, 0.2) is 0 Å². The molecule has 2 rings (SSSR count). The summed E-state index contributed by atoms with van der Waals surface area (Å²) in [4.78, 5) is 4.05. The average Bonchev–Trinajstić information content (AvgIpc) is 2.40.